The van der Waals surface area contributed by atoms with Crippen LogP contribution in [0.5, 0.6) is 0 Å². The summed E-state index contributed by atoms with van der Waals surface area (Å²) in [5.74, 6) is 0.754. The summed E-state index contributed by atoms with van der Waals surface area (Å²) >= 11 is 0. The number of rotatable bonds is 8. The van der Waals surface area contributed by atoms with Crippen LogP contribution in [0.4, 0.5) is 0 Å². The van der Waals surface area contributed by atoms with Crippen LogP contribution in [-0.4, -0.2) is 24.8 Å². The van der Waals surface area contributed by atoms with Gasteiger partial charge in [-0.15, -0.1) is 0 Å². The van der Waals surface area contributed by atoms with Crippen LogP contribution in [0.25, 0.3) is 0 Å². The smallest absolute Gasteiger partial charge is 0.0806 e. The second kappa shape index (κ2) is 6.91. The maximum Gasteiger partial charge on any atom is 0.0806 e. The molecular weight excluding hydrogens is 222 g/mol. The molecule has 0 bridgehead atoms. The standard InChI is InChI=1S/C16H31NO/c1-3-14(4-2)12-18-16(10-6-5-7-11-16)13-17-15-8-9-15/h14-15,17H,3-13H2,1-2H3. The van der Waals surface area contributed by atoms with Crippen LogP contribution in [0.2, 0.25) is 0 Å². The summed E-state index contributed by atoms with van der Waals surface area (Å²) < 4.78 is 6.43. The monoisotopic (exact) mass is 253 g/mol. The van der Waals surface area contributed by atoms with Crippen LogP contribution in [0, 0.1) is 5.92 Å². The molecule has 1 N–H and O–H groups in total. The van der Waals surface area contributed by atoms with Crippen LogP contribution in [-0.2, 0) is 4.74 Å². The number of ether oxygens (including phenoxy) is 1. The third kappa shape index (κ3) is 4.24. The molecule has 0 aromatic carbocycles. The van der Waals surface area contributed by atoms with E-state index in [1.807, 2.05) is 0 Å². The van der Waals surface area contributed by atoms with Crippen molar-refractivity contribution in [1.82, 2.24) is 5.32 Å². The summed E-state index contributed by atoms with van der Waals surface area (Å²) in [6.07, 6.45) is 11.9. The molecule has 0 aliphatic heterocycles. The second-order valence-electron chi connectivity index (χ2n) is 6.39. The molecule has 0 heterocycles. The quantitative estimate of drug-likeness (QED) is 0.708. The van der Waals surface area contributed by atoms with Gasteiger partial charge in [-0.05, 0) is 31.6 Å². The van der Waals surface area contributed by atoms with Crippen molar-refractivity contribution in [2.45, 2.75) is 83.3 Å². The Morgan fingerprint density at radius 2 is 1.78 bits per heavy atom. The highest BCUT2D eigenvalue weighted by Crippen LogP contribution is 2.33. The molecule has 0 aromatic heterocycles. The van der Waals surface area contributed by atoms with Crippen LogP contribution in [0.3, 0.4) is 0 Å². The van der Waals surface area contributed by atoms with Gasteiger partial charge in [0.2, 0.25) is 0 Å². The molecule has 2 heteroatoms. The number of nitrogens with one attached hydrogen (secondary N) is 1. The minimum atomic E-state index is 0.170. The molecule has 2 nitrogen and oxygen atoms in total. The normalized spacial score (nSPS) is 23.5. The van der Waals surface area contributed by atoms with Gasteiger partial charge >= 0.3 is 0 Å². The zero-order valence-corrected chi connectivity index (χ0v) is 12.3. The van der Waals surface area contributed by atoms with Crippen molar-refractivity contribution in [1.29, 1.82) is 0 Å². The van der Waals surface area contributed by atoms with E-state index in [0.717, 1.165) is 25.1 Å². The molecule has 0 aromatic rings. The molecule has 0 spiro atoms. The topological polar surface area (TPSA) is 21.3 Å². The van der Waals surface area contributed by atoms with E-state index in [4.69, 9.17) is 4.74 Å². The van der Waals surface area contributed by atoms with E-state index in [1.165, 1.54) is 57.8 Å². The Morgan fingerprint density at radius 3 is 2.33 bits per heavy atom. The Bertz CT molecular complexity index is 227. The Morgan fingerprint density at radius 1 is 1.11 bits per heavy atom. The van der Waals surface area contributed by atoms with E-state index in [0.29, 0.717) is 0 Å². The van der Waals surface area contributed by atoms with Gasteiger partial charge in [0.1, 0.15) is 0 Å². The van der Waals surface area contributed by atoms with E-state index in [2.05, 4.69) is 19.2 Å². The molecule has 2 fully saturated rings. The molecule has 0 saturated heterocycles. The van der Waals surface area contributed by atoms with E-state index < -0.39 is 0 Å². The lowest BCUT2D eigenvalue weighted by atomic mass is 9.84. The number of hydrogen-bond donors (Lipinski definition) is 1. The van der Waals surface area contributed by atoms with Gasteiger partial charge in [-0.3, -0.25) is 0 Å². The molecule has 0 unspecified atom stereocenters. The average Bonchev–Trinajstić information content (AvgIpc) is 3.23. The molecule has 2 rings (SSSR count). The van der Waals surface area contributed by atoms with Gasteiger partial charge in [-0.25, -0.2) is 0 Å². The lowest BCUT2D eigenvalue weighted by Gasteiger charge is -2.38. The van der Waals surface area contributed by atoms with Gasteiger partial charge in [-0.1, -0.05) is 46.0 Å². The minimum Gasteiger partial charge on any atom is -0.373 e. The molecule has 0 atom stereocenters. The molecule has 2 aliphatic carbocycles. The van der Waals surface area contributed by atoms with Crippen molar-refractivity contribution in [3.8, 4) is 0 Å². The summed E-state index contributed by atoms with van der Waals surface area (Å²) in [6.45, 7) is 6.64. The first kappa shape index (κ1) is 14.3. The molecule has 2 saturated carbocycles. The van der Waals surface area contributed by atoms with Crippen molar-refractivity contribution < 1.29 is 4.74 Å². The van der Waals surface area contributed by atoms with Crippen molar-refractivity contribution in [3.05, 3.63) is 0 Å². The Labute approximate surface area is 113 Å². The third-order valence-electron chi connectivity index (χ3n) is 4.83. The van der Waals surface area contributed by atoms with Gasteiger partial charge in [0.15, 0.2) is 0 Å². The minimum absolute atomic E-state index is 0.170. The lowest BCUT2D eigenvalue weighted by molar-refractivity contribution is -0.0825. The highest BCUT2D eigenvalue weighted by atomic mass is 16.5. The highest BCUT2D eigenvalue weighted by molar-refractivity contribution is 4.91. The largest absolute Gasteiger partial charge is 0.373 e. The Hall–Kier alpha value is -0.0800. The summed E-state index contributed by atoms with van der Waals surface area (Å²) in [5.41, 5.74) is 0.170. The predicted molar refractivity (Wildman–Crippen MR) is 76.9 cm³/mol. The third-order valence-corrected chi connectivity index (χ3v) is 4.83. The fourth-order valence-electron chi connectivity index (χ4n) is 3.01. The molecular formula is C16H31NO. The van der Waals surface area contributed by atoms with Crippen LogP contribution in [0.1, 0.15) is 71.6 Å². The van der Waals surface area contributed by atoms with E-state index >= 15 is 0 Å². The predicted octanol–water partition coefficient (Wildman–Crippen LogP) is 3.89. The first-order valence-electron chi connectivity index (χ1n) is 8.15. The van der Waals surface area contributed by atoms with Gasteiger partial charge in [0.05, 0.1) is 12.2 Å². The molecule has 18 heavy (non-hydrogen) atoms. The summed E-state index contributed by atoms with van der Waals surface area (Å²) in [6, 6.07) is 0.806. The fourth-order valence-corrected chi connectivity index (χ4v) is 3.01. The van der Waals surface area contributed by atoms with Gasteiger partial charge < -0.3 is 10.1 Å². The van der Waals surface area contributed by atoms with E-state index in [-0.39, 0.29) is 5.60 Å². The van der Waals surface area contributed by atoms with Gasteiger partial charge in [-0.2, -0.15) is 0 Å². The Balaban J connectivity index is 1.81. The first-order valence-corrected chi connectivity index (χ1v) is 8.15. The zero-order valence-electron chi connectivity index (χ0n) is 12.3. The summed E-state index contributed by atoms with van der Waals surface area (Å²) in [5, 5.41) is 3.70. The summed E-state index contributed by atoms with van der Waals surface area (Å²) in [7, 11) is 0. The van der Waals surface area contributed by atoms with E-state index in [9.17, 15) is 0 Å². The lowest BCUT2D eigenvalue weighted by Crippen LogP contribution is -2.46. The van der Waals surface area contributed by atoms with Crippen LogP contribution >= 0.6 is 0 Å². The van der Waals surface area contributed by atoms with Crippen molar-refractivity contribution in [2.75, 3.05) is 13.2 Å². The van der Waals surface area contributed by atoms with Gasteiger partial charge in [0.25, 0.3) is 0 Å². The highest BCUT2D eigenvalue weighted by Gasteiger charge is 2.35. The van der Waals surface area contributed by atoms with Crippen LogP contribution in [0.15, 0.2) is 0 Å². The van der Waals surface area contributed by atoms with E-state index in [1.54, 1.807) is 0 Å². The average molecular weight is 253 g/mol. The SMILES string of the molecule is CCC(CC)COC1(CNC2CC2)CCCCC1. The molecule has 0 radical (unpaired) electrons. The maximum atomic E-state index is 6.43. The Kier molecular flexibility index (Phi) is 5.50. The van der Waals surface area contributed by atoms with Gasteiger partial charge in [0, 0.05) is 12.6 Å². The van der Waals surface area contributed by atoms with Crippen molar-refractivity contribution in [3.63, 3.8) is 0 Å². The zero-order chi connectivity index (χ0) is 12.8. The van der Waals surface area contributed by atoms with Crippen LogP contribution < -0.4 is 5.32 Å². The fraction of sp³-hybridized carbons (Fsp3) is 1.00. The number of hydrogen-bond acceptors (Lipinski definition) is 2. The van der Waals surface area contributed by atoms with Crippen molar-refractivity contribution >= 4 is 0 Å². The second-order valence-corrected chi connectivity index (χ2v) is 6.39. The van der Waals surface area contributed by atoms with Crippen molar-refractivity contribution in [2.24, 2.45) is 5.92 Å². The molecule has 106 valence electrons. The maximum absolute atomic E-state index is 6.43. The summed E-state index contributed by atoms with van der Waals surface area (Å²) in [4.78, 5) is 0. The first-order chi connectivity index (χ1) is 8.78. The molecule has 2 aliphatic rings. The molecule has 0 amide bonds.